The van der Waals surface area contributed by atoms with Crippen molar-refractivity contribution in [3.8, 4) is 0 Å². The van der Waals surface area contributed by atoms with Crippen molar-refractivity contribution in [3.63, 3.8) is 0 Å². The van der Waals surface area contributed by atoms with Gasteiger partial charge in [0.15, 0.2) is 0 Å². The summed E-state index contributed by atoms with van der Waals surface area (Å²) in [6.45, 7) is 7.23. The highest BCUT2D eigenvalue weighted by molar-refractivity contribution is 5.94. The third-order valence-corrected chi connectivity index (χ3v) is 3.08. The zero-order valence-electron chi connectivity index (χ0n) is 10.9. The van der Waals surface area contributed by atoms with Crippen molar-refractivity contribution in [2.75, 3.05) is 6.54 Å². The standard InChI is InChI=1S/C15H21NO/c1-11(2)10-16(14-7-8-14)15(17)13-6-4-5-12(3)9-13/h4-6,9,11,14H,7-8,10H2,1-3H3. The number of hydrogen-bond donors (Lipinski definition) is 0. The van der Waals surface area contributed by atoms with E-state index in [1.165, 1.54) is 12.8 Å². The Morgan fingerprint density at radius 3 is 2.65 bits per heavy atom. The van der Waals surface area contributed by atoms with Crippen LogP contribution >= 0.6 is 0 Å². The normalized spacial score (nSPS) is 15.1. The summed E-state index contributed by atoms with van der Waals surface area (Å²) in [6.07, 6.45) is 2.34. The van der Waals surface area contributed by atoms with E-state index in [1.54, 1.807) is 0 Å². The molecule has 1 aliphatic carbocycles. The summed E-state index contributed by atoms with van der Waals surface area (Å²) < 4.78 is 0. The zero-order chi connectivity index (χ0) is 12.4. The summed E-state index contributed by atoms with van der Waals surface area (Å²) in [5.74, 6) is 0.731. The first-order valence-electron chi connectivity index (χ1n) is 6.45. The predicted molar refractivity (Wildman–Crippen MR) is 70.1 cm³/mol. The average Bonchev–Trinajstić information content (AvgIpc) is 3.08. The molecule has 2 nitrogen and oxygen atoms in total. The first-order chi connectivity index (χ1) is 8.08. The lowest BCUT2D eigenvalue weighted by atomic mass is 10.1. The molecule has 1 aliphatic rings. The Morgan fingerprint density at radius 1 is 1.41 bits per heavy atom. The second kappa shape index (κ2) is 4.91. The second-order valence-corrected chi connectivity index (χ2v) is 5.45. The van der Waals surface area contributed by atoms with Gasteiger partial charge in [0.1, 0.15) is 0 Å². The van der Waals surface area contributed by atoms with E-state index in [9.17, 15) is 4.79 Å². The fraction of sp³-hybridized carbons (Fsp3) is 0.533. The van der Waals surface area contributed by atoms with Gasteiger partial charge in [-0.25, -0.2) is 0 Å². The Bertz CT molecular complexity index is 407. The van der Waals surface area contributed by atoms with Crippen molar-refractivity contribution in [1.82, 2.24) is 4.90 Å². The Morgan fingerprint density at radius 2 is 2.12 bits per heavy atom. The van der Waals surface area contributed by atoms with Gasteiger partial charge in [0, 0.05) is 18.2 Å². The molecule has 2 rings (SSSR count). The molecule has 1 saturated carbocycles. The van der Waals surface area contributed by atoms with Crippen LogP contribution in [0.25, 0.3) is 0 Å². The second-order valence-electron chi connectivity index (χ2n) is 5.45. The molecule has 17 heavy (non-hydrogen) atoms. The van der Waals surface area contributed by atoms with Crippen LogP contribution in [0.4, 0.5) is 0 Å². The van der Waals surface area contributed by atoms with E-state index in [0.717, 1.165) is 17.7 Å². The molecule has 2 heteroatoms. The molecule has 0 spiro atoms. The third kappa shape index (κ3) is 3.09. The lowest BCUT2D eigenvalue weighted by molar-refractivity contribution is 0.0722. The molecule has 0 radical (unpaired) electrons. The van der Waals surface area contributed by atoms with E-state index in [0.29, 0.717) is 12.0 Å². The molecule has 0 unspecified atom stereocenters. The number of benzene rings is 1. The molecule has 0 bridgehead atoms. The quantitative estimate of drug-likeness (QED) is 0.779. The minimum absolute atomic E-state index is 0.199. The monoisotopic (exact) mass is 231 g/mol. The maximum Gasteiger partial charge on any atom is 0.254 e. The van der Waals surface area contributed by atoms with Gasteiger partial charge in [-0.3, -0.25) is 4.79 Å². The number of hydrogen-bond acceptors (Lipinski definition) is 1. The molecule has 0 N–H and O–H groups in total. The molecule has 1 fully saturated rings. The Balaban J connectivity index is 2.15. The van der Waals surface area contributed by atoms with Crippen LogP contribution in [0.5, 0.6) is 0 Å². The fourth-order valence-electron chi connectivity index (χ4n) is 2.12. The molecule has 1 aromatic carbocycles. The minimum Gasteiger partial charge on any atom is -0.335 e. The number of aryl methyl sites for hydroxylation is 1. The van der Waals surface area contributed by atoms with Gasteiger partial charge in [-0.15, -0.1) is 0 Å². The van der Waals surface area contributed by atoms with Crippen molar-refractivity contribution in [2.24, 2.45) is 5.92 Å². The summed E-state index contributed by atoms with van der Waals surface area (Å²) in [5.41, 5.74) is 1.98. The number of carbonyl (C=O) groups excluding carboxylic acids is 1. The highest BCUT2D eigenvalue weighted by atomic mass is 16.2. The van der Waals surface area contributed by atoms with Crippen LogP contribution < -0.4 is 0 Å². The molecular weight excluding hydrogens is 210 g/mol. The average molecular weight is 231 g/mol. The van der Waals surface area contributed by atoms with E-state index in [4.69, 9.17) is 0 Å². The Kier molecular flexibility index (Phi) is 3.51. The first kappa shape index (κ1) is 12.2. The fourth-order valence-corrected chi connectivity index (χ4v) is 2.12. The third-order valence-electron chi connectivity index (χ3n) is 3.08. The van der Waals surface area contributed by atoms with Gasteiger partial charge in [-0.05, 0) is 37.8 Å². The van der Waals surface area contributed by atoms with Crippen molar-refractivity contribution in [1.29, 1.82) is 0 Å². The number of carbonyl (C=O) groups is 1. The summed E-state index contributed by atoms with van der Waals surface area (Å²) in [6, 6.07) is 8.39. The maximum atomic E-state index is 12.4. The number of nitrogens with zero attached hydrogens (tertiary/aromatic N) is 1. The van der Waals surface area contributed by atoms with Crippen molar-refractivity contribution in [2.45, 2.75) is 39.7 Å². The first-order valence-corrected chi connectivity index (χ1v) is 6.45. The van der Waals surface area contributed by atoms with Crippen molar-refractivity contribution in [3.05, 3.63) is 35.4 Å². The lowest BCUT2D eigenvalue weighted by Gasteiger charge is -2.24. The van der Waals surface area contributed by atoms with Crippen LogP contribution in [0.1, 0.15) is 42.6 Å². The number of rotatable bonds is 4. The van der Waals surface area contributed by atoms with E-state index < -0.39 is 0 Å². The van der Waals surface area contributed by atoms with Gasteiger partial charge in [0.2, 0.25) is 0 Å². The maximum absolute atomic E-state index is 12.4. The van der Waals surface area contributed by atoms with E-state index >= 15 is 0 Å². The lowest BCUT2D eigenvalue weighted by Crippen LogP contribution is -2.36. The smallest absolute Gasteiger partial charge is 0.254 e. The summed E-state index contributed by atoms with van der Waals surface area (Å²) in [7, 11) is 0. The SMILES string of the molecule is Cc1cccc(C(=O)N(CC(C)C)C2CC2)c1. The molecule has 1 amide bonds. The Hall–Kier alpha value is -1.31. The molecule has 0 atom stereocenters. The molecule has 92 valence electrons. The number of amides is 1. The summed E-state index contributed by atoms with van der Waals surface area (Å²) >= 11 is 0. The summed E-state index contributed by atoms with van der Waals surface area (Å²) in [4.78, 5) is 14.5. The van der Waals surface area contributed by atoms with Crippen LogP contribution in [0.2, 0.25) is 0 Å². The highest BCUT2D eigenvalue weighted by Crippen LogP contribution is 2.29. The molecule has 1 aromatic rings. The molecular formula is C15H21NO. The van der Waals surface area contributed by atoms with Gasteiger partial charge in [0.25, 0.3) is 5.91 Å². The van der Waals surface area contributed by atoms with Crippen LogP contribution in [0.3, 0.4) is 0 Å². The van der Waals surface area contributed by atoms with Gasteiger partial charge in [-0.2, -0.15) is 0 Å². The van der Waals surface area contributed by atoms with E-state index in [2.05, 4.69) is 18.7 Å². The molecule has 0 heterocycles. The van der Waals surface area contributed by atoms with Gasteiger partial charge in [0.05, 0.1) is 0 Å². The molecule has 0 saturated heterocycles. The van der Waals surface area contributed by atoms with Crippen LogP contribution in [-0.2, 0) is 0 Å². The van der Waals surface area contributed by atoms with Crippen LogP contribution in [0.15, 0.2) is 24.3 Å². The van der Waals surface area contributed by atoms with Gasteiger partial charge < -0.3 is 4.90 Å². The van der Waals surface area contributed by atoms with E-state index in [1.807, 2.05) is 31.2 Å². The molecule has 0 aromatic heterocycles. The predicted octanol–water partition coefficient (Wildman–Crippen LogP) is 3.26. The van der Waals surface area contributed by atoms with Crippen LogP contribution in [-0.4, -0.2) is 23.4 Å². The van der Waals surface area contributed by atoms with E-state index in [-0.39, 0.29) is 5.91 Å². The largest absolute Gasteiger partial charge is 0.335 e. The van der Waals surface area contributed by atoms with Crippen molar-refractivity contribution >= 4 is 5.91 Å². The topological polar surface area (TPSA) is 20.3 Å². The minimum atomic E-state index is 0.199. The highest BCUT2D eigenvalue weighted by Gasteiger charge is 2.33. The summed E-state index contributed by atoms with van der Waals surface area (Å²) in [5, 5.41) is 0. The zero-order valence-corrected chi connectivity index (χ0v) is 10.9. The molecule has 0 aliphatic heterocycles. The van der Waals surface area contributed by atoms with Crippen molar-refractivity contribution < 1.29 is 4.79 Å². The Labute approximate surface area is 104 Å². The van der Waals surface area contributed by atoms with Gasteiger partial charge >= 0.3 is 0 Å². The van der Waals surface area contributed by atoms with Gasteiger partial charge in [-0.1, -0.05) is 31.5 Å². The van der Waals surface area contributed by atoms with Crippen LogP contribution in [0, 0.1) is 12.8 Å².